The zero-order valence-electron chi connectivity index (χ0n) is 29.2. The van der Waals surface area contributed by atoms with Crippen LogP contribution in [0.4, 0.5) is 5.82 Å². The SMILES string of the molecule is COc1ccc(-c2cc(Cc3ccccc3OC)c(N/N=C/[C@H](OC(C)=O)[C@@H](OC(C)=O)[C@H](OC(C)=O)[C@@H](COC(C)=O)OC(C)=O)nn2)cc1. The van der Waals surface area contributed by atoms with E-state index in [1.165, 1.54) is 0 Å². The number of carbonyl (C=O) groups is 5. The number of benzene rings is 2. The maximum atomic E-state index is 12.3. The molecule has 2 aromatic carbocycles. The number of para-hydroxylation sites is 1. The van der Waals surface area contributed by atoms with Gasteiger partial charge in [-0.25, -0.2) is 0 Å². The second-order valence-corrected chi connectivity index (χ2v) is 10.9. The Hall–Kier alpha value is -6.06. The molecule has 0 bridgehead atoms. The van der Waals surface area contributed by atoms with Crippen LogP contribution in [0.25, 0.3) is 11.3 Å². The Morgan fingerprint density at radius 1 is 0.725 bits per heavy atom. The number of methoxy groups -OCH3 is 2. The number of esters is 5. The van der Waals surface area contributed by atoms with Gasteiger partial charge in [0, 0.05) is 52.2 Å². The molecule has 0 spiro atoms. The quantitative estimate of drug-likeness (QED) is 0.0925. The van der Waals surface area contributed by atoms with Gasteiger partial charge in [0.1, 0.15) is 18.1 Å². The van der Waals surface area contributed by atoms with Gasteiger partial charge < -0.3 is 33.2 Å². The van der Waals surface area contributed by atoms with Crippen LogP contribution in [0.15, 0.2) is 59.7 Å². The van der Waals surface area contributed by atoms with E-state index in [1.54, 1.807) is 26.4 Å². The van der Waals surface area contributed by atoms with Crippen molar-refractivity contribution in [1.82, 2.24) is 10.2 Å². The number of hydrogen-bond acceptors (Lipinski definition) is 16. The molecule has 51 heavy (non-hydrogen) atoms. The summed E-state index contributed by atoms with van der Waals surface area (Å²) in [5.41, 5.74) is 5.61. The first-order chi connectivity index (χ1) is 24.3. The van der Waals surface area contributed by atoms with Crippen LogP contribution in [-0.4, -0.2) is 91.5 Å². The average Bonchev–Trinajstić information content (AvgIpc) is 3.08. The van der Waals surface area contributed by atoms with Crippen molar-refractivity contribution in [1.29, 1.82) is 0 Å². The van der Waals surface area contributed by atoms with Crippen molar-refractivity contribution in [3.63, 3.8) is 0 Å². The fourth-order valence-electron chi connectivity index (χ4n) is 4.83. The van der Waals surface area contributed by atoms with Gasteiger partial charge in [-0.3, -0.25) is 29.4 Å². The molecule has 0 fully saturated rings. The molecule has 0 aliphatic carbocycles. The van der Waals surface area contributed by atoms with Crippen molar-refractivity contribution < 1.29 is 57.1 Å². The summed E-state index contributed by atoms with van der Waals surface area (Å²) < 4.78 is 37.4. The number of aromatic nitrogens is 2. The van der Waals surface area contributed by atoms with E-state index in [1.807, 2.05) is 42.5 Å². The number of carbonyl (C=O) groups excluding carboxylic acids is 5. The van der Waals surface area contributed by atoms with Crippen LogP contribution in [0.1, 0.15) is 45.7 Å². The predicted octanol–water partition coefficient (Wildman–Crippen LogP) is 3.44. The molecule has 0 saturated heterocycles. The van der Waals surface area contributed by atoms with Gasteiger partial charge in [0.05, 0.1) is 26.1 Å². The maximum absolute atomic E-state index is 12.3. The maximum Gasteiger partial charge on any atom is 0.303 e. The number of rotatable bonds is 17. The molecule has 0 unspecified atom stereocenters. The summed E-state index contributed by atoms with van der Waals surface area (Å²) >= 11 is 0. The third-order valence-electron chi connectivity index (χ3n) is 6.91. The van der Waals surface area contributed by atoms with Gasteiger partial charge in [-0.1, -0.05) is 18.2 Å². The lowest BCUT2D eigenvalue weighted by Crippen LogP contribution is -2.53. The van der Waals surface area contributed by atoms with E-state index < -0.39 is 60.9 Å². The number of ether oxygens (including phenoxy) is 7. The molecule has 16 nitrogen and oxygen atoms in total. The molecule has 1 aromatic heterocycles. The van der Waals surface area contributed by atoms with Crippen LogP contribution in [-0.2, 0) is 54.1 Å². The van der Waals surface area contributed by atoms with E-state index in [0.717, 1.165) is 52.0 Å². The Bertz CT molecular complexity index is 1710. The largest absolute Gasteiger partial charge is 0.497 e. The van der Waals surface area contributed by atoms with Crippen molar-refractivity contribution in [3.8, 4) is 22.8 Å². The normalized spacial score (nSPS) is 13.2. The molecular formula is C35H40N4O12. The number of nitrogens with zero attached hydrogens (tertiary/aromatic N) is 3. The summed E-state index contributed by atoms with van der Waals surface area (Å²) in [6.07, 6.45) is -4.88. The van der Waals surface area contributed by atoms with E-state index in [2.05, 4.69) is 20.7 Å². The third-order valence-corrected chi connectivity index (χ3v) is 6.91. The van der Waals surface area contributed by atoms with Crippen LogP contribution in [0.3, 0.4) is 0 Å². The average molecular weight is 709 g/mol. The zero-order valence-corrected chi connectivity index (χ0v) is 29.2. The Morgan fingerprint density at radius 2 is 1.35 bits per heavy atom. The zero-order chi connectivity index (χ0) is 37.5. The summed E-state index contributed by atoms with van der Waals surface area (Å²) in [7, 11) is 3.13. The molecule has 1 N–H and O–H groups in total. The Balaban J connectivity index is 2.07. The minimum atomic E-state index is -1.64. The predicted molar refractivity (Wildman–Crippen MR) is 181 cm³/mol. The molecule has 16 heteroatoms. The number of anilines is 1. The van der Waals surface area contributed by atoms with Crippen molar-refractivity contribution in [3.05, 3.63) is 65.7 Å². The van der Waals surface area contributed by atoms with Crippen molar-refractivity contribution >= 4 is 41.9 Å². The highest BCUT2D eigenvalue weighted by atomic mass is 16.6. The van der Waals surface area contributed by atoms with E-state index in [0.29, 0.717) is 29.2 Å². The van der Waals surface area contributed by atoms with Gasteiger partial charge in [-0.15, -0.1) is 10.2 Å². The lowest BCUT2D eigenvalue weighted by Gasteiger charge is -2.34. The summed E-state index contributed by atoms with van der Waals surface area (Å²) in [6, 6.07) is 16.5. The molecule has 0 radical (unpaired) electrons. The molecule has 3 rings (SSSR count). The molecule has 4 atom stereocenters. The number of nitrogens with one attached hydrogen (secondary N) is 1. The first-order valence-corrected chi connectivity index (χ1v) is 15.6. The lowest BCUT2D eigenvalue weighted by molar-refractivity contribution is -0.197. The fraction of sp³-hybridized carbons (Fsp3) is 0.371. The summed E-state index contributed by atoms with van der Waals surface area (Å²) in [6.45, 7) is 4.82. The highest BCUT2D eigenvalue weighted by Crippen LogP contribution is 2.28. The topological polar surface area (TPSA) is 200 Å². The van der Waals surface area contributed by atoms with Crippen LogP contribution >= 0.6 is 0 Å². The van der Waals surface area contributed by atoms with E-state index in [9.17, 15) is 24.0 Å². The first kappa shape index (κ1) is 39.4. The first-order valence-electron chi connectivity index (χ1n) is 15.6. The molecule has 0 aliphatic heterocycles. The minimum absolute atomic E-state index is 0.212. The van der Waals surface area contributed by atoms with E-state index >= 15 is 0 Å². The molecule has 272 valence electrons. The van der Waals surface area contributed by atoms with Crippen LogP contribution < -0.4 is 14.9 Å². The van der Waals surface area contributed by atoms with E-state index in [-0.39, 0.29) is 5.82 Å². The fourth-order valence-corrected chi connectivity index (χ4v) is 4.83. The molecule has 3 aromatic rings. The minimum Gasteiger partial charge on any atom is -0.497 e. The second-order valence-electron chi connectivity index (χ2n) is 10.9. The standard InChI is InChI=1S/C35H40N4O12/c1-20(40)47-19-32(49-22(3)42)34(51-24(5)44)33(50-23(4)43)31(48-21(2)41)18-36-38-35-27(16-26-10-8-9-11-30(26)46-7)17-29(37-39-35)25-12-14-28(45-6)15-13-25/h8-15,17-18,31-34H,16,19H2,1-7H3,(H,38,39)/b36-18+/t31-,32+,33+,34+/m0/s1. The van der Waals surface area contributed by atoms with E-state index in [4.69, 9.17) is 33.2 Å². The van der Waals surface area contributed by atoms with Gasteiger partial charge in [0.25, 0.3) is 0 Å². The monoisotopic (exact) mass is 708 g/mol. The molecule has 0 saturated carbocycles. The smallest absolute Gasteiger partial charge is 0.303 e. The molecule has 0 amide bonds. The Morgan fingerprint density at radius 3 is 1.94 bits per heavy atom. The molecular weight excluding hydrogens is 668 g/mol. The Kier molecular flexibility index (Phi) is 14.8. The highest BCUT2D eigenvalue weighted by molar-refractivity contribution is 5.75. The molecule has 0 aliphatic rings. The third kappa shape index (κ3) is 12.4. The summed E-state index contributed by atoms with van der Waals surface area (Å²) in [4.78, 5) is 60.4. The molecule has 1 heterocycles. The lowest BCUT2D eigenvalue weighted by atomic mass is 10.0. The van der Waals surface area contributed by atoms with Crippen molar-refractivity contribution in [2.45, 2.75) is 65.5 Å². The Labute approximate surface area is 294 Å². The van der Waals surface area contributed by atoms with Crippen molar-refractivity contribution in [2.75, 3.05) is 26.3 Å². The van der Waals surface area contributed by atoms with Gasteiger partial charge in [-0.05, 0) is 42.0 Å². The van der Waals surface area contributed by atoms with Crippen LogP contribution in [0.5, 0.6) is 11.5 Å². The number of hydrazone groups is 1. The van der Waals surface area contributed by atoms with Gasteiger partial charge in [0.15, 0.2) is 30.2 Å². The summed E-state index contributed by atoms with van der Waals surface area (Å²) in [5, 5.41) is 12.9. The second kappa shape index (κ2) is 19.2. The van der Waals surface area contributed by atoms with Crippen LogP contribution in [0, 0.1) is 0 Å². The van der Waals surface area contributed by atoms with Crippen LogP contribution in [0.2, 0.25) is 0 Å². The summed E-state index contributed by atoms with van der Waals surface area (Å²) in [5.74, 6) is -2.61. The highest BCUT2D eigenvalue weighted by Gasteiger charge is 2.43. The number of hydrogen-bond donors (Lipinski definition) is 1. The van der Waals surface area contributed by atoms with Crippen molar-refractivity contribution in [2.24, 2.45) is 5.10 Å². The van der Waals surface area contributed by atoms with Gasteiger partial charge in [-0.2, -0.15) is 5.10 Å². The van der Waals surface area contributed by atoms with Gasteiger partial charge in [0.2, 0.25) is 0 Å². The van der Waals surface area contributed by atoms with Gasteiger partial charge >= 0.3 is 29.8 Å².